The van der Waals surface area contributed by atoms with Crippen molar-refractivity contribution in [3.05, 3.63) is 21.6 Å². The fourth-order valence-corrected chi connectivity index (χ4v) is 1.80. The van der Waals surface area contributed by atoms with Crippen molar-refractivity contribution >= 4 is 0 Å². The predicted octanol–water partition coefficient (Wildman–Crippen LogP) is 2.62. The predicted molar refractivity (Wildman–Crippen MR) is 63.5 cm³/mol. The Balaban J connectivity index is 3.42. The second-order valence-electron chi connectivity index (χ2n) is 5.34. The van der Waals surface area contributed by atoms with Crippen LogP contribution >= 0.6 is 0 Å². The zero-order valence-electron chi connectivity index (χ0n) is 10.6. The van der Waals surface area contributed by atoms with E-state index in [9.17, 15) is 4.79 Å². The Kier molecular flexibility index (Phi) is 3.12. The quantitative estimate of drug-likeness (QED) is 0.800. The molecule has 0 atom stereocenters. The SMILES string of the molecule is CCc1c(C(C)(C)C)[nH]n(C(C)C)c1=O. The Labute approximate surface area is 91.5 Å². The van der Waals surface area contributed by atoms with Crippen molar-refractivity contribution in [3.63, 3.8) is 0 Å². The van der Waals surface area contributed by atoms with Crippen molar-refractivity contribution in [2.24, 2.45) is 0 Å². The molecular weight excluding hydrogens is 188 g/mol. The lowest BCUT2D eigenvalue weighted by atomic mass is 9.89. The highest BCUT2D eigenvalue weighted by molar-refractivity contribution is 5.24. The molecule has 86 valence electrons. The molecular formula is C12H22N2O. The summed E-state index contributed by atoms with van der Waals surface area (Å²) in [4.78, 5) is 12.0. The standard InChI is InChI=1S/C12H22N2O/c1-7-9-10(12(4,5)6)13-14(8(2)3)11(9)15/h8,13H,7H2,1-6H3. The minimum atomic E-state index is 0.00461. The molecule has 0 aliphatic heterocycles. The molecule has 1 aromatic heterocycles. The zero-order valence-corrected chi connectivity index (χ0v) is 10.6. The highest BCUT2D eigenvalue weighted by Gasteiger charge is 2.23. The molecule has 0 fully saturated rings. The second kappa shape index (κ2) is 3.87. The molecule has 0 saturated heterocycles. The van der Waals surface area contributed by atoms with Gasteiger partial charge in [0.05, 0.1) is 0 Å². The Hall–Kier alpha value is -0.990. The van der Waals surface area contributed by atoms with Crippen molar-refractivity contribution in [2.75, 3.05) is 0 Å². The number of hydrogen-bond donors (Lipinski definition) is 1. The van der Waals surface area contributed by atoms with Crippen LogP contribution in [0.15, 0.2) is 4.79 Å². The third-order valence-electron chi connectivity index (χ3n) is 2.63. The van der Waals surface area contributed by atoms with Crippen LogP contribution in [0.5, 0.6) is 0 Å². The van der Waals surface area contributed by atoms with Crippen LogP contribution < -0.4 is 5.56 Å². The molecule has 0 saturated carbocycles. The monoisotopic (exact) mass is 210 g/mol. The van der Waals surface area contributed by atoms with E-state index >= 15 is 0 Å². The summed E-state index contributed by atoms with van der Waals surface area (Å²) in [6, 6.07) is 0.193. The van der Waals surface area contributed by atoms with Crippen LogP contribution in [0.2, 0.25) is 0 Å². The molecule has 3 nitrogen and oxygen atoms in total. The highest BCUT2D eigenvalue weighted by atomic mass is 16.1. The van der Waals surface area contributed by atoms with Crippen LogP contribution in [0.4, 0.5) is 0 Å². The molecule has 1 N–H and O–H groups in total. The molecule has 15 heavy (non-hydrogen) atoms. The summed E-state index contributed by atoms with van der Waals surface area (Å²) in [7, 11) is 0. The van der Waals surface area contributed by atoms with Crippen LogP contribution in [0, 0.1) is 0 Å². The van der Waals surface area contributed by atoms with E-state index in [0.29, 0.717) is 0 Å². The molecule has 1 rings (SSSR count). The minimum absolute atomic E-state index is 0.00461. The average molecular weight is 210 g/mol. The second-order valence-corrected chi connectivity index (χ2v) is 5.34. The smallest absolute Gasteiger partial charge is 0.270 e. The molecule has 0 unspecified atom stereocenters. The largest absolute Gasteiger partial charge is 0.299 e. The molecule has 0 aliphatic carbocycles. The van der Waals surface area contributed by atoms with Gasteiger partial charge in [0, 0.05) is 22.7 Å². The molecule has 0 amide bonds. The summed E-state index contributed by atoms with van der Waals surface area (Å²) in [5.74, 6) is 0. The lowest BCUT2D eigenvalue weighted by Gasteiger charge is -2.18. The minimum Gasteiger partial charge on any atom is -0.299 e. The van der Waals surface area contributed by atoms with Gasteiger partial charge in [0.1, 0.15) is 0 Å². The maximum Gasteiger partial charge on any atom is 0.270 e. The van der Waals surface area contributed by atoms with Crippen molar-refractivity contribution < 1.29 is 0 Å². The van der Waals surface area contributed by atoms with Gasteiger partial charge in [-0.2, -0.15) is 0 Å². The van der Waals surface area contributed by atoms with Gasteiger partial charge in [-0.15, -0.1) is 0 Å². The van der Waals surface area contributed by atoms with Gasteiger partial charge in [-0.1, -0.05) is 27.7 Å². The summed E-state index contributed by atoms with van der Waals surface area (Å²) in [5, 5.41) is 3.24. The zero-order chi connectivity index (χ0) is 11.8. The number of nitrogens with one attached hydrogen (secondary N) is 1. The van der Waals surface area contributed by atoms with E-state index in [-0.39, 0.29) is 17.0 Å². The summed E-state index contributed by atoms with van der Waals surface area (Å²) in [6.07, 6.45) is 0.793. The van der Waals surface area contributed by atoms with Crippen molar-refractivity contribution in [3.8, 4) is 0 Å². The van der Waals surface area contributed by atoms with Gasteiger partial charge in [-0.05, 0) is 20.3 Å². The van der Waals surface area contributed by atoms with Crippen molar-refractivity contribution in [1.82, 2.24) is 9.78 Å². The number of rotatable bonds is 2. The van der Waals surface area contributed by atoms with Gasteiger partial charge in [0.2, 0.25) is 0 Å². The molecule has 0 aromatic carbocycles. The van der Waals surface area contributed by atoms with Gasteiger partial charge >= 0.3 is 0 Å². The van der Waals surface area contributed by atoms with Crippen LogP contribution in [0.3, 0.4) is 0 Å². The molecule has 0 aliphatic rings. The van der Waals surface area contributed by atoms with E-state index < -0.39 is 0 Å². The van der Waals surface area contributed by atoms with Crippen LogP contribution in [0.1, 0.15) is 58.8 Å². The number of H-pyrrole nitrogens is 1. The van der Waals surface area contributed by atoms with E-state index in [0.717, 1.165) is 17.7 Å². The number of nitrogens with zero attached hydrogens (tertiary/aromatic N) is 1. The van der Waals surface area contributed by atoms with Gasteiger partial charge in [0.25, 0.3) is 5.56 Å². The summed E-state index contributed by atoms with van der Waals surface area (Å²) in [6.45, 7) is 12.4. The topological polar surface area (TPSA) is 37.8 Å². The first-order valence-corrected chi connectivity index (χ1v) is 5.62. The highest BCUT2D eigenvalue weighted by Crippen LogP contribution is 2.23. The fourth-order valence-electron chi connectivity index (χ4n) is 1.80. The molecule has 0 radical (unpaired) electrons. The maximum absolute atomic E-state index is 12.0. The fraction of sp³-hybridized carbons (Fsp3) is 0.750. The van der Waals surface area contributed by atoms with E-state index in [1.807, 2.05) is 20.8 Å². The van der Waals surface area contributed by atoms with Gasteiger partial charge in [0.15, 0.2) is 0 Å². The molecule has 0 bridgehead atoms. The van der Waals surface area contributed by atoms with E-state index in [2.05, 4.69) is 25.9 Å². The number of aromatic amines is 1. The number of hydrogen-bond acceptors (Lipinski definition) is 1. The molecule has 3 heteroatoms. The first-order chi connectivity index (χ1) is 6.79. The molecule has 0 spiro atoms. The van der Waals surface area contributed by atoms with Gasteiger partial charge in [-0.3, -0.25) is 14.6 Å². The third-order valence-corrected chi connectivity index (χ3v) is 2.63. The summed E-state index contributed by atoms with van der Waals surface area (Å²) in [5.41, 5.74) is 2.14. The van der Waals surface area contributed by atoms with Crippen molar-refractivity contribution in [1.29, 1.82) is 0 Å². The van der Waals surface area contributed by atoms with Crippen LogP contribution in [-0.2, 0) is 11.8 Å². The Morgan fingerprint density at radius 2 is 1.87 bits per heavy atom. The van der Waals surface area contributed by atoms with Crippen LogP contribution in [-0.4, -0.2) is 9.78 Å². The van der Waals surface area contributed by atoms with E-state index in [1.54, 1.807) is 4.68 Å². The lowest BCUT2D eigenvalue weighted by molar-refractivity contribution is 0.486. The van der Waals surface area contributed by atoms with E-state index in [4.69, 9.17) is 0 Å². The Bertz CT molecular complexity index is 391. The van der Waals surface area contributed by atoms with E-state index in [1.165, 1.54) is 0 Å². The van der Waals surface area contributed by atoms with Gasteiger partial charge < -0.3 is 0 Å². The molecule has 1 aromatic rings. The lowest BCUT2D eigenvalue weighted by Crippen LogP contribution is -2.20. The van der Waals surface area contributed by atoms with Gasteiger partial charge in [-0.25, -0.2) is 0 Å². The summed E-state index contributed by atoms with van der Waals surface area (Å²) >= 11 is 0. The maximum atomic E-state index is 12.0. The average Bonchev–Trinajstić information content (AvgIpc) is 2.41. The normalized spacial score (nSPS) is 12.5. The summed E-state index contributed by atoms with van der Waals surface area (Å²) < 4.78 is 1.72. The van der Waals surface area contributed by atoms with Crippen LogP contribution in [0.25, 0.3) is 0 Å². The Morgan fingerprint density at radius 1 is 1.33 bits per heavy atom. The first-order valence-electron chi connectivity index (χ1n) is 5.62. The van der Waals surface area contributed by atoms with Crippen molar-refractivity contribution in [2.45, 2.75) is 59.4 Å². The Morgan fingerprint density at radius 3 is 2.13 bits per heavy atom. The third kappa shape index (κ3) is 2.16. The molecule has 1 heterocycles. The number of aromatic nitrogens is 2. The first kappa shape index (κ1) is 12.1.